The summed E-state index contributed by atoms with van der Waals surface area (Å²) >= 11 is 0. The van der Waals surface area contributed by atoms with Crippen LogP contribution in [0, 0.1) is 0 Å². The maximum absolute atomic E-state index is 3.95. The Balaban J connectivity index is 2.23. The summed E-state index contributed by atoms with van der Waals surface area (Å²) in [5, 5.41) is 3.95. The molecule has 1 aliphatic rings. The molecule has 1 N–H and O–H groups in total. The molecule has 2 heterocycles. The summed E-state index contributed by atoms with van der Waals surface area (Å²) in [7, 11) is 0. The van der Waals surface area contributed by atoms with Gasteiger partial charge in [0.2, 0.25) is 0 Å². The lowest BCUT2D eigenvalue weighted by atomic mass is 10.0. The van der Waals surface area contributed by atoms with Crippen LogP contribution >= 0.6 is 0 Å². The number of hydrogen-bond donors (Lipinski definition) is 1. The Bertz CT molecular complexity index is 255. The summed E-state index contributed by atoms with van der Waals surface area (Å²) in [6.07, 6.45) is 5.54. The number of hydrogen-bond acceptors (Lipinski definition) is 3. The van der Waals surface area contributed by atoms with Gasteiger partial charge in [0, 0.05) is 31.1 Å². The molecule has 0 spiro atoms. The molecular weight excluding hydrogens is 138 g/mol. The minimum atomic E-state index is 0.429. The lowest BCUT2D eigenvalue weighted by Gasteiger charge is -2.03. The van der Waals surface area contributed by atoms with Gasteiger partial charge in [-0.05, 0) is 17.7 Å². The SMILES string of the molecule is C1=NNCC1c1ccncc1. The third-order valence-electron chi connectivity index (χ3n) is 1.79. The van der Waals surface area contributed by atoms with Gasteiger partial charge in [0.25, 0.3) is 0 Å². The molecule has 56 valence electrons. The Hall–Kier alpha value is -1.38. The van der Waals surface area contributed by atoms with E-state index in [4.69, 9.17) is 0 Å². The van der Waals surface area contributed by atoms with Gasteiger partial charge in [-0.2, -0.15) is 5.10 Å². The van der Waals surface area contributed by atoms with Crippen molar-refractivity contribution in [3.05, 3.63) is 30.1 Å². The first-order valence-electron chi connectivity index (χ1n) is 3.63. The molecule has 0 fully saturated rings. The van der Waals surface area contributed by atoms with Crippen molar-refractivity contribution in [1.29, 1.82) is 0 Å². The maximum Gasteiger partial charge on any atom is 0.0448 e. The highest BCUT2D eigenvalue weighted by Crippen LogP contribution is 2.13. The van der Waals surface area contributed by atoms with Crippen molar-refractivity contribution in [3.63, 3.8) is 0 Å². The number of hydrazone groups is 1. The normalized spacial score (nSPS) is 21.6. The fourth-order valence-corrected chi connectivity index (χ4v) is 1.16. The first-order chi connectivity index (χ1) is 5.47. The Morgan fingerprint density at radius 2 is 2.18 bits per heavy atom. The minimum Gasteiger partial charge on any atom is -0.309 e. The molecule has 1 aliphatic heterocycles. The van der Waals surface area contributed by atoms with Crippen LogP contribution in [0.4, 0.5) is 0 Å². The molecule has 11 heavy (non-hydrogen) atoms. The zero-order valence-electron chi connectivity index (χ0n) is 6.07. The van der Waals surface area contributed by atoms with E-state index >= 15 is 0 Å². The lowest BCUT2D eigenvalue weighted by Crippen LogP contribution is -2.08. The summed E-state index contributed by atoms with van der Waals surface area (Å²) in [6, 6.07) is 4.04. The second-order valence-electron chi connectivity index (χ2n) is 2.53. The lowest BCUT2D eigenvalue weighted by molar-refractivity contribution is 0.763. The molecule has 0 radical (unpaired) electrons. The Kier molecular flexibility index (Phi) is 1.55. The summed E-state index contributed by atoms with van der Waals surface area (Å²) in [4.78, 5) is 3.95. The highest BCUT2D eigenvalue weighted by molar-refractivity contribution is 5.69. The first kappa shape index (κ1) is 6.34. The summed E-state index contributed by atoms with van der Waals surface area (Å²) in [5.74, 6) is 0.429. The van der Waals surface area contributed by atoms with Crippen LogP contribution in [0.15, 0.2) is 29.6 Å². The Labute approximate surface area is 65.2 Å². The predicted octanol–water partition coefficient (Wildman–Crippen LogP) is 0.754. The van der Waals surface area contributed by atoms with Gasteiger partial charge in [0.1, 0.15) is 0 Å². The highest BCUT2D eigenvalue weighted by Gasteiger charge is 2.11. The van der Waals surface area contributed by atoms with E-state index in [0.29, 0.717) is 5.92 Å². The van der Waals surface area contributed by atoms with Crippen LogP contribution in [-0.2, 0) is 0 Å². The third-order valence-corrected chi connectivity index (χ3v) is 1.79. The van der Waals surface area contributed by atoms with Gasteiger partial charge < -0.3 is 5.43 Å². The molecule has 3 heteroatoms. The van der Waals surface area contributed by atoms with Crippen LogP contribution in [-0.4, -0.2) is 17.7 Å². The molecule has 1 atom stereocenters. The van der Waals surface area contributed by atoms with Crippen LogP contribution < -0.4 is 5.43 Å². The quantitative estimate of drug-likeness (QED) is 0.636. The van der Waals surface area contributed by atoms with E-state index in [2.05, 4.69) is 15.5 Å². The molecule has 0 saturated heterocycles. The second-order valence-corrected chi connectivity index (χ2v) is 2.53. The minimum absolute atomic E-state index is 0.429. The number of nitrogens with one attached hydrogen (secondary N) is 1. The number of nitrogens with zero attached hydrogens (tertiary/aromatic N) is 2. The fourth-order valence-electron chi connectivity index (χ4n) is 1.16. The molecule has 0 saturated carbocycles. The first-order valence-corrected chi connectivity index (χ1v) is 3.63. The standard InChI is InChI=1S/C8H9N3/c1-3-9-4-2-7(1)8-5-10-11-6-8/h1-5,8,11H,6H2. The van der Waals surface area contributed by atoms with E-state index in [-0.39, 0.29) is 0 Å². The Morgan fingerprint density at radius 3 is 2.82 bits per heavy atom. The van der Waals surface area contributed by atoms with Crippen molar-refractivity contribution in [2.45, 2.75) is 5.92 Å². The van der Waals surface area contributed by atoms with Crippen LogP contribution in [0.3, 0.4) is 0 Å². The largest absolute Gasteiger partial charge is 0.309 e. The van der Waals surface area contributed by atoms with E-state index in [0.717, 1.165) is 6.54 Å². The second kappa shape index (κ2) is 2.70. The summed E-state index contributed by atoms with van der Waals surface area (Å²) in [6.45, 7) is 0.907. The molecular formula is C8H9N3. The van der Waals surface area contributed by atoms with E-state index in [1.165, 1.54) is 5.56 Å². The predicted molar refractivity (Wildman–Crippen MR) is 43.5 cm³/mol. The van der Waals surface area contributed by atoms with Crippen LogP contribution in [0.5, 0.6) is 0 Å². The van der Waals surface area contributed by atoms with Crippen molar-refractivity contribution in [3.8, 4) is 0 Å². The van der Waals surface area contributed by atoms with Gasteiger partial charge in [0.05, 0.1) is 0 Å². The maximum atomic E-state index is 3.95. The monoisotopic (exact) mass is 147 g/mol. The van der Waals surface area contributed by atoms with E-state index in [1.54, 1.807) is 0 Å². The molecule has 0 bridgehead atoms. The Morgan fingerprint density at radius 1 is 1.36 bits per heavy atom. The number of rotatable bonds is 1. The van der Waals surface area contributed by atoms with Gasteiger partial charge in [-0.15, -0.1) is 0 Å². The van der Waals surface area contributed by atoms with Crippen molar-refractivity contribution in [2.75, 3.05) is 6.54 Å². The van der Waals surface area contributed by atoms with Crippen molar-refractivity contribution >= 4 is 6.21 Å². The zero-order chi connectivity index (χ0) is 7.52. The fraction of sp³-hybridized carbons (Fsp3) is 0.250. The average molecular weight is 147 g/mol. The van der Waals surface area contributed by atoms with Crippen molar-refractivity contribution in [2.24, 2.45) is 5.10 Å². The van der Waals surface area contributed by atoms with Crippen LogP contribution in [0.25, 0.3) is 0 Å². The number of pyridine rings is 1. The smallest absolute Gasteiger partial charge is 0.0448 e. The van der Waals surface area contributed by atoms with Crippen LogP contribution in [0.2, 0.25) is 0 Å². The van der Waals surface area contributed by atoms with Gasteiger partial charge in [-0.25, -0.2) is 0 Å². The van der Waals surface area contributed by atoms with Crippen LogP contribution in [0.1, 0.15) is 11.5 Å². The molecule has 0 aliphatic carbocycles. The zero-order valence-corrected chi connectivity index (χ0v) is 6.07. The average Bonchev–Trinajstić information content (AvgIpc) is 2.58. The summed E-state index contributed by atoms with van der Waals surface area (Å²) in [5.41, 5.74) is 4.19. The van der Waals surface area contributed by atoms with E-state index < -0.39 is 0 Å². The van der Waals surface area contributed by atoms with Gasteiger partial charge >= 0.3 is 0 Å². The molecule has 2 rings (SSSR count). The molecule has 0 aromatic carbocycles. The van der Waals surface area contributed by atoms with E-state index in [9.17, 15) is 0 Å². The van der Waals surface area contributed by atoms with E-state index in [1.807, 2.05) is 30.7 Å². The molecule has 1 aromatic rings. The third kappa shape index (κ3) is 1.22. The van der Waals surface area contributed by atoms with Crippen molar-refractivity contribution in [1.82, 2.24) is 10.4 Å². The molecule has 3 nitrogen and oxygen atoms in total. The molecule has 1 aromatic heterocycles. The molecule has 1 unspecified atom stereocenters. The highest BCUT2D eigenvalue weighted by atomic mass is 15.3. The number of aromatic nitrogens is 1. The van der Waals surface area contributed by atoms with Gasteiger partial charge in [-0.1, -0.05) is 0 Å². The molecule has 0 amide bonds. The van der Waals surface area contributed by atoms with Gasteiger partial charge in [0.15, 0.2) is 0 Å². The summed E-state index contributed by atoms with van der Waals surface area (Å²) < 4.78 is 0. The van der Waals surface area contributed by atoms with Gasteiger partial charge in [-0.3, -0.25) is 4.98 Å². The van der Waals surface area contributed by atoms with Crippen molar-refractivity contribution < 1.29 is 0 Å². The topological polar surface area (TPSA) is 37.3 Å².